The van der Waals surface area contributed by atoms with Crippen LogP contribution in [0, 0.1) is 12.8 Å². The lowest BCUT2D eigenvalue weighted by Crippen LogP contribution is -2.13. The molecule has 2 aromatic heterocycles. The van der Waals surface area contributed by atoms with Gasteiger partial charge in [-0.05, 0) is 31.7 Å². The molecule has 0 atom stereocenters. The van der Waals surface area contributed by atoms with E-state index in [1.807, 2.05) is 0 Å². The molecule has 1 aliphatic carbocycles. The van der Waals surface area contributed by atoms with Crippen LogP contribution in [-0.4, -0.2) is 22.7 Å². The van der Waals surface area contributed by atoms with Gasteiger partial charge in [-0.25, -0.2) is 0 Å². The number of ether oxygens (including phenoxy) is 1. The smallest absolute Gasteiger partial charge is 0.261 e. The summed E-state index contributed by atoms with van der Waals surface area (Å²) in [7, 11) is 0. The summed E-state index contributed by atoms with van der Waals surface area (Å²) in [6, 6.07) is 0. The van der Waals surface area contributed by atoms with Crippen molar-refractivity contribution >= 4 is 22.2 Å². The zero-order chi connectivity index (χ0) is 14.4. The zero-order valence-corrected chi connectivity index (χ0v) is 12.5. The lowest BCUT2D eigenvalue weighted by molar-refractivity contribution is -0.117. The number of hydrogen-bond acceptors (Lipinski definition) is 6. The van der Waals surface area contributed by atoms with Gasteiger partial charge in [0, 0.05) is 10.8 Å². The Balaban J connectivity index is 1.77. The average molecular weight is 305 g/mol. The number of fused-ring (bicyclic) bond motifs is 1. The number of hydrogen-bond donors (Lipinski definition) is 1. The van der Waals surface area contributed by atoms with E-state index >= 15 is 0 Å². The van der Waals surface area contributed by atoms with Gasteiger partial charge in [0.1, 0.15) is 5.00 Å². The van der Waals surface area contributed by atoms with Gasteiger partial charge >= 0.3 is 0 Å². The summed E-state index contributed by atoms with van der Waals surface area (Å²) >= 11 is 1.55. The van der Waals surface area contributed by atoms with Gasteiger partial charge in [-0.1, -0.05) is 5.16 Å². The first-order valence-electron chi connectivity index (χ1n) is 7.06. The molecule has 0 aromatic carbocycles. The maximum absolute atomic E-state index is 12.1. The van der Waals surface area contributed by atoms with E-state index in [1.165, 1.54) is 5.56 Å². The van der Waals surface area contributed by atoms with Crippen molar-refractivity contribution in [3.63, 3.8) is 0 Å². The summed E-state index contributed by atoms with van der Waals surface area (Å²) in [5.41, 5.74) is 2.05. The van der Waals surface area contributed by atoms with E-state index in [9.17, 15) is 4.79 Å². The molecule has 0 spiro atoms. The Labute approximate surface area is 125 Å². The van der Waals surface area contributed by atoms with E-state index in [-0.39, 0.29) is 11.8 Å². The Kier molecular flexibility index (Phi) is 3.04. The lowest BCUT2D eigenvalue weighted by atomic mass is 10.1. The van der Waals surface area contributed by atoms with Crippen molar-refractivity contribution in [2.75, 3.05) is 11.9 Å². The van der Waals surface area contributed by atoms with Crippen LogP contribution in [0.2, 0.25) is 0 Å². The van der Waals surface area contributed by atoms with Crippen LogP contribution >= 0.6 is 11.3 Å². The number of thiophene rings is 1. The number of aryl methyl sites for hydroxylation is 1. The van der Waals surface area contributed by atoms with Crippen molar-refractivity contribution < 1.29 is 14.1 Å². The van der Waals surface area contributed by atoms with Gasteiger partial charge < -0.3 is 14.6 Å². The Morgan fingerprint density at radius 3 is 3.00 bits per heavy atom. The highest BCUT2D eigenvalue weighted by Crippen LogP contribution is 2.43. The second-order valence-corrected chi connectivity index (χ2v) is 6.53. The summed E-state index contributed by atoms with van der Waals surface area (Å²) in [6.07, 6.45) is 2.77. The maximum atomic E-state index is 12.1. The summed E-state index contributed by atoms with van der Waals surface area (Å²) in [5.74, 6) is 1.33. The maximum Gasteiger partial charge on any atom is 0.261 e. The van der Waals surface area contributed by atoms with Crippen LogP contribution in [0.15, 0.2) is 4.52 Å². The predicted octanol–water partition coefficient (Wildman–Crippen LogP) is 2.53. The number of carbonyl (C=O) groups is 1. The SMILES string of the molecule is Cc1noc(-c2c(NC(=O)C3CC3)sc3c2CCOC3)n1. The molecule has 1 N–H and O–H groups in total. The number of rotatable bonds is 3. The number of amides is 1. The van der Waals surface area contributed by atoms with Crippen LogP contribution < -0.4 is 5.32 Å². The molecule has 0 unspecified atom stereocenters. The van der Waals surface area contributed by atoms with E-state index in [2.05, 4.69) is 15.5 Å². The Morgan fingerprint density at radius 1 is 1.43 bits per heavy atom. The number of aromatic nitrogens is 2. The van der Waals surface area contributed by atoms with Crippen molar-refractivity contribution in [1.29, 1.82) is 0 Å². The summed E-state index contributed by atoms with van der Waals surface area (Å²) in [4.78, 5) is 17.5. The van der Waals surface area contributed by atoms with Gasteiger partial charge in [0.2, 0.25) is 5.91 Å². The Morgan fingerprint density at radius 2 is 2.29 bits per heavy atom. The first-order valence-corrected chi connectivity index (χ1v) is 7.88. The van der Waals surface area contributed by atoms with Crippen molar-refractivity contribution in [1.82, 2.24) is 10.1 Å². The zero-order valence-electron chi connectivity index (χ0n) is 11.6. The van der Waals surface area contributed by atoms with Gasteiger partial charge in [-0.15, -0.1) is 11.3 Å². The molecule has 0 bridgehead atoms. The van der Waals surface area contributed by atoms with Crippen LogP contribution in [0.1, 0.15) is 29.1 Å². The standard InChI is InChI=1S/C14H15N3O3S/c1-7-15-13(20-17-7)11-9-4-5-19-6-10(9)21-14(11)16-12(18)8-2-3-8/h8H,2-6H2,1H3,(H,16,18). The first-order chi connectivity index (χ1) is 10.2. The molecular weight excluding hydrogens is 290 g/mol. The molecule has 7 heteroatoms. The van der Waals surface area contributed by atoms with E-state index in [0.29, 0.717) is 24.9 Å². The van der Waals surface area contributed by atoms with Crippen molar-refractivity contribution in [3.8, 4) is 11.5 Å². The molecule has 21 heavy (non-hydrogen) atoms. The molecule has 3 heterocycles. The molecule has 4 rings (SSSR count). The number of nitrogens with one attached hydrogen (secondary N) is 1. The first kappa shape index (κ1) is 13.0. The van der Waals surface area contributed by atoms with Crippen LogP contribution in [0.3, 0.4) is 0 Å². The van der Waals surface area contributed by atoms with Gasteiger partial charge in [0.05, 0.1) is 18.8 Å². The summed E-state index contributed by atoms with van der Waals surface area (Å²) < 4.78 is 10.8. The topological polar surface area (TPSA) is 77.2 Å². The fraction of sp³-hybridized carbons (Fsp3) is 0.500. The fourth-order valence-corrected chi connectivity index (χ4v) is 3.68. The normalized spacial score (nSPS) is 17.6. The quantitative estimate of drug-likeness (QED) is 0.943. The molecule has 1 amide bonds. The second kappa shape index (κ2) is 4.92. The highest BCUT2D eigenvalue weighted by Gasteiger charge is 2.32. The fourth-order valence-electron chi connectivity index (χ4n) is 2.50. The second-order valence-electron chi connectivity index (χ2n) is 5.42. The summed E-state index contributed by atoms with van der Waals surface area (Å²) in [5, 5.41) is 7.71. The molecule has 110 valence electrons. The Bertz CT molecular complexity index is 702. The molecule has 0 radical (unpaired) electrons. The van der Waals surface area contributed by atoms with E-state index < -0.39 is 0 Å². The highest BCUT2D eigenvalue weighted by molar-refractivity contribution is 7.17. The highest BCUT2D eigenvalue weighted by atomic mass is 32.1. The van der Waals surface area contributed by atoms with Gasteiger partial charge in [0.25, 0.3) is 5.89 Å². The van der Waals surface area contributed by atoms with Gasteiger partial charge in [-0.2, -0.15) is 4.98 Å². The van der Waals surface area contributed by atoms with Crippen LogP contribution in [0.5, 0.6) is 0 Å². The molecule has 0 saturated heterocycles. The van der Waals surface area contributed by atoms with E-state index in [4.69, 9.17) is 9.26 Å². The van der Waals surface area contributed by atoms with Crippen molar-refractivity contribution in [2.24, 2.45) is 5.92 Å². The van der Waals surface area contributed by atoms with Crippen LogP contribution in [-0.2, 0) is 22.6 Å². The van der Waals surface area contributed by atoms with Gasteiger partial charge in [-0.3, -0.25) is 4.79 Å². The molecule has 2 aliphatic rings. The van der Waals surface area contributed by atoms with Crippen molar-refractivity contribution in [3.05, 3.63) is 16.3 Å². The molecule has 1 aliphatic heterocycles. The predicted molar refractivity (Wildman–Crippen MR) is 77.1 cm³/mol. The minimum absolute atomic E-state index is 0.0898. The molecule has 2 aromatic rings. The monoisotopic (exact) mass is 305 g/mol. The summed E-state index contributed by atoms with van der Waals surface area (Å²) in [6.45, 7) is 3.05. The van der Waals surface area contributed by atoms with E-state index in [1.54, 1.807) is 18.3 Å². The molecular formula is C14H15N3O3S. The Hall–Kier alpha value is -1.73. The number of anilines is 1. The van der Waals surface area contributed by atoms with Crippen LogP contribution in [0.25, 0.3) is 11.5 Å². The number of carbonyl (C=O) groups excluding carboxylic acids is 1. The molecule has 1 fully saturated rings. The van der Waals surface area contributed by atoms with Crippen molar-refractivity contribution in [2.45, 2.75) is 32.8 Å². The third kappa shape index (κ3) is 2.36. The third-order valence-electron chi connectivity index (χ3n) is 3.75. The minimum atomic E-state index is 0.0898. The van der Waals surface area contributed by atoms with Crippen LogP contribution in [0.4, 0.5) is 5.00 Å². The molecule has 1 saturated carbocycles. The minimum Gasteiger partial charge on any atom is -0.376 e. The third-order valence-corrected chi connectivity index (χ3v) is 4.87. The van der Waals surface area contributed by atoms with E-state index in [0.717, 1.165) is 34.7 Å². The average Bonchev–Trinajstić information content (AvgIpc) is 3.15. The number of nitrogens with zero attached hydrogens (tertiary/aromatic N) is 2. The van der Waals surface area contributed by atoms with Gasteiger partial charge in [0.15, 0.2) is 5.82 Å². The largest absolute Gasteiger partial charge is 0.376 e. The molecule has 6 nitrogen and oxygen atoms in total. The lowest BCUT2D eigenvalue weighted by Gasteiger charge is -2.12.